The molecule has 0 saturated carbocycles. The number of carbonyl (C=O) groups excluding carboxylic acids is 1. The van der Waals surface area contributed by atoms with Gasteiger partial charge in [0.1, 0.15) is 11.4 Å². The number of nitrogens with zero attached hydrogens (tertiary/aromatic N) is 1. The lowest BCUT2D eigenvalue weighted by molar-refractivity contribution is -0.130. The van der Waals surface area contributed by atoms with Gasteiger partial charge in [-0.25, -0.2) is 4.39 Å². The number of carbonyl (C=O) groups is 1. The van der Waals surface area contributed by atoms with Crippen LogP contribution in [0.15, 0.2) is 40.7 Å². The van der Waals surface area contributed by atoms with E-state index in [4.69, 9.17) is 27.9 Å². The fraction of sp³-hybridized carbons (Fsp3) is 0.542. The Labute approximate surface area is 197 Å². The monoisotopic (exact) mass is 480 g/mol. The maximum atomic E-state index is 15.3. The highest BCUT2D eigenvalue weighted by molar-refractivity contribution is 6.31. The van der Waals surface area contributed by atoms with Crippen LogP contribution in [0.5, 0.6) is 0 Å². The molecular formula is C24H27Cl2FN2O3. The summed E-state index contributed by atoms with van der Waals surface area (Å²) in [6, 6.07) is 5.08. The van der Waals surface area contributed by atoms with Gasteiger partial charge in [0.25, 0.3) is 0 Å². The fourth-order valence-electron chi connectivity index (χ4n) is 6.03. The average Bonchev–Trinajstić information content (AvgIpc) is 3.26. The van der Waals surface area contributed by atoms with Gasteiger partial charge >= 0.3 is 0 Å². The summed E-state index contributed by atoms with van der Waals surface area (Å²) in [5, 5.41) is 14.1. The molecule has 0 radical (unpaired) electrons. The van der Waals surface area contributed by atoms with E-state index < -0.39 is 17.3 Å². The molecule has 1 aromatic rings. The number of benzene rings is 1. The Bertz CT molecular complexity index is 991. The molecule has 3 heterocycles. The molecule has 3 aliphatic heterocycles. The molecule has 32 heavy (non-hydrogen) atoms. The predicted octanol–water partition coefficient (Wildman–Crippen LogP) is 4.74. The Morgan fingerprint density at radius 3 is 2.94 bits per heavy atom. The molecule has 0 aromatic heterocycles. The molecular weight excluding hydrogens is 454 g/mol. The molecule has 1 aliphatic carbocycles. The number of ether oxygens (including phenoxy) is 1. The van der Waals surface area contributed by atoms with E-state index >= 15 is 4.39 Å². The number of hydrogen-bond donors (Lipinski definition) is 2. The first-order chi connectivity index (χ1) is 15.5. The van der Waals surface area contributed by atoms with Crippen molar-refractivity contribution >= 4 is 34.8 Å². The highest BCUT2D eigenvalue weighted by Gasteiger charge is 2.63. The van der Waals surface area contributed by atoms with Gasteiger partial charge in [-0.15, -0.1) is 0 Å². The van der Waals surface area contributed by atoms with Crippen molar-refractivity contribution in [3.8, 4) is 0 Å². The Balaban J connectivity index is 1.66. The normalized spacial score (nSPS) is 32.9. The van der Waals surface area contributed by atoms with Crippen molar-refractivity contribution in [3.63, 3.8) is 0 Å². The summed E-state index contributed by atoms with van der Waals surface area (Å²) < 4.78 is 21.0. The number of amides is 1. The molecule has 5 nitrogen and oxygen atoms in total. The van der Waals surface area contributed by atoms with Gasteiger partial charge in [-0.2, -0.15) is 0 Å². The number of likely N-dealkylation sites (tertiary alicyclic amines) is 1. The number of rotatable bonds is 4. The van der Waals surface area contributed by atoms with Crippen LogP contribution < -0.4 is 5.32 Å². The van der Waals surface area contributed by atoms with Crippen LogP contribution in [0.4, 0.5) is 10.1 Å². The topological polar surface area (TPSA) is 61.8 Å². The Morgan fingerprint density at radius 1 is 1.34 bits per heavy atom. The zero-order chi connectivity index (χ0) is 22.5. The maximum absolute atomic E-state index is 15.3. The summed E-state index contributed by atoms with van der Waals surface area (Å²) in [4.78, 5) is 15.9. The quantitative estimate of drug-likeness (QED) is 0.653. The minimum absolute atomic E-state index is 0.117. The van der Waals surface area contributed by atoms with Crippen molar-refractivity contribution in [2.24, 2.45) is 11.8 Å². The largest absolute Gasteiger partial charge is 0.395 e. The van der Waals surface area contributed by atoms with Gasteiger partial charge in [-0.3, -0.25) is 9.69 Å². The molecule has 1 aromatic carbocycles. The van der Waals surface area contributed by atoms with Crippen LogP contribution in [0.3, 0.4) is 0 Å². The lowest BCUT2D eigenvalue weighted by atomic mass is 9.73. The van der Waals surface area contributed by atoms with Crippen molar-refractivity contribution < 1.29 is 19.0 Å². The highest BCUT2D eigenvalue weighted by atomic mass is 35.5. The molecule has 8 heteroatoms. The number of aliphatic hydroxyl groups excluding tert-OH is 1. The number of allylic oxidation sites excluding steroid dienone is 3. The Morgan fingerprint density at radius 2 is 2.19 bits per heavy atom. The first-order valence-corrected chi connectivity index (χ1v) is 12.0. The second-order valence-corrected chi connectivity index (χ2v) is 10.1. The van der Waals surface area contributed by atoms with Gasteiger partial charge in [0.05, 0.1) is 18.2 Å². The summed E-state index contributed by atoms with van der Waals surface area (Å²) in [5.41, 5.74) is 0.755. The van der Waals surface area contributed by atoms with E-state index in [1.54, 1.807) is 12.1 Å². The van der Waals surface area contributed by atoms with E-state index in [1.165, 1.54) is 0 Å². The molecule has 1 amide bonds. The van der Waals surface area contributed by atoms with E-state index in [0.29, 0.717) is 48.7 Å². The van der Waals surface area contributed by atoms with Gasteiger partial charge in [-0.1, -0.05) is 35.3 Å². The number of anilines is 1. The van der Waals surface area contributed by atoms with Crippen LogP contribution >= 0.6 is 23.2 Å². The number of nitrogens with one attached hydrogen (secondary N) is 1. The smallest absolute Gasteiger partial charge is 0.250 e. The molecule has 5 rings (SSSR count). The minimum Gasteiger partial charge on any atom is -0.395 e. The number of aliphatic hydroxyl groups is 1. The summed E-state index contributed by atoms with van der Waals surface area (Å²) in [6.45, 7) is 1.84. The Kier molecular flexibility index (Phi) is 6.10. The molecule has 4 aliphatic rings. The van der Waals surface area contributed by atoms with Crippen LogP contribution in [0, 0.1) is 11.8 Å². The summed E-state index contributed by atoms with van der Waals surface area (Å²) in [5.74, 6) is -0.873. The van der Waals surface area contributed by atoms with Gasteiger partial charge in [0.2, 0.25) is 5.91 Å². The first kappa shape index (κ1) is 22.4. The van der Waals surface area contributed by atoms with Crippen LogP contribution in [0.2, 0.25) is 5.02 Å². The van der Waals surface area contributed by atoms with Crippen LogP contribution in [-0.4, -0.2) is 48.3 Å². The molecule has 1 spiro atoms. The number of halogens is 3. The third-order valence-electron chi connectivity index (χ3n) is 7.41. The highest BCUT2D eigenvalue weighted by Crippen LogP contribution is 2.57. The van der Waals surface area contributed by atoms with Gasteiger partial charge in [0, 0.05) is 41.4 Å². The Hall–Kier alpha value is -1.44. The maximum Gasteiger partial charge on any atom is 0.250 e. The van der Waals surface area contributed by atoms with Crippen LogP contribution in [-0.2, 0) is 15.1 Å². The third-order valence-corrected chi connectivity index (χ3v) is 8.00. The standard InChI is InChI=1S/C24H27Cl2FN2O3/c25-15-6-7-18-21(9-15)28-23(31)24(18)19(17-4-1-5-20(26)22(17)27)10-16(12-30)29(24)11-14-3-2-8-32-13-14/h4,6-7,9,14,16,19,30H,1-3,5,8,10-13H2,(H,28,31)/t14?,16-,19-,24-/m1/s1. The van der Waals surface area contributed by atoms with Crippen molar-refractivity contribution in [1.82, 2.24) is 4.90 Å². The first-order valence-electron chi connectivity index (χ1n) is 11.3. The van der Waals surface area contributed by atoms with Crippen molar-refractivity contribution in [2.75, 3.05) is 31.7 Å². The van der Waals surface area contributed by atoms with Crippen molar-refractivity contribution in [2.45, 2.75) is 43.7 Å². The van der Waals surface area contributed by atoms with Crippen LogP contribution in [0.1, 0.15) is 37.7 Å². The summed E-state index contributed by atoms with van der Waals surface area (Å²) in [7, 11) is 0. The molecule has 1 unspecified atom stereocenters. The van der Waals surface area contributed by atoms with E-state index in [0.717, 1.165) is 25.0 Å². The van der Waals surface area contributed by atoms with E-state index in [2.05, 4.69) is 10.2 Å². The molecule has 2 saturated heterocycles. The molecule has 2 N–H and O–H groups in total. The zero-order valence-corrected chi connectivity index (χ0v) is 19.3. The van der Waals surface area contributed by atoms with Crippen molar-refractivity contribution in [1.29, 1.82) is 0 Å². The van der Waals surface area contributed by atoms with E-state index in [1.807, 2.05) is 12.1 Å². The van der Waals surface area contributed by atoms with Crippen molar-refractivity contribution in [3.05, 3.63) is 51.3 Å². The van der Waals surface area contributed by atoms with E-state index in [9.17, 15) is 9.90 Å². The number of fused-ring (bicyclic) bond motifs is 2. The average molecular weight is 481 g/mol. The van der Waals surface area contributed by atoms with Gasteiger partial charge in [0.15, 0.2) is 0 Å². The third kappa shape index (κ3) is 3.43. The minimum atomic E-state index is -1.14. The number of hydrogen-bond acceptors (Lipinski definition) is 4. The van der Waals surface area contributed by atoms with Gasteiger partial charge < -0.3 is 15.2 Å². The lowest BCUT2D eigenvalue weighted by Gasteiger charge is -2.42. The molecule has 4 atom stereocenters. The molecule has 2 fully saturated rings. The zero-order valence-electron chi connectivity index (χ0n) is 17.8. The lowest BCUT2D eigenvalue weighted by Crippen LogP contribution is -2.55. The summed E-state index contributed by atoms with van der Waals surface area (Å²) >= 11 is 12.4. The predicted molar refractivity (Wildman–Crippen MR) is 122 cm³/mol. The second kappa shape index (κ2) is 8.73. The second-order valence-electron chi connectivity index (χ2n) is 9.19. The van der Waals surface area contributed by atoms with Crippen LogP contribution in [0.25, 0.3) is 0 Å². The summed E-state index contributed by atoms with van der Waals surface area (Å²) in [6.07, 6.45) is 5.38. The fourth-order valence-corrected chi connectivity index (χ4v) is 6.42. The van der Waals surface area contributed by atoms with Gasteiger partial charge in [-0.05, 0) is 55.7 Å². The molecule has 172 valence electrons. The SMILES string of the molecule is O=C1Nc2cc(Cl)ccc2[C@@]12[C@@H](C1=CCCC(Cl)=C1F)C[C@H](CO)N2CC1CCCOC1. The molecule has 0 bridgehead atoms. The van der Waals surface area contributed by atoms with E-state index in [-0.39, 0.29) is 29.5 Å².